The second-order valence-electron chi connectivity index (χ2n) is 5.83. The lowest BCUT2D eigenvalue weighted by molar-refractivity contribution is 0.0601. The number of hydrogen-bond donors (Lipinski definition) is 2. The third-order valence-electron chi connectivity index (χ3n) is 4.01. The molecule has 0 aliphatic heterocycles. The number of carbonyl (C=O) groups excluding carboxylic acids is 1. The van der Waals surface area contributed by atoms with E-state index in [2.05, 4.69) is 25.3 Å². The predicted octanol–water partition coefficient (Wildman–Crippen LogP) is 2.63. The van der Waals surface area contributed by atoms with Crippen LogP contribution in [0.2, 0.25) is 0 Å². The lowest BCUT2D eigenvalue weighted by Crippen LogP contribution is -2.04. The van der Waals surface area contributed by atoms with Gasteiger partial charge in [0.1, 0.15) is 17.5 Å². The number of benzene rings is 1. The summed E-state index contributed by atoms with van der Waals surface area (Å²) in [5, 5.41) is 3.26. The molecule has 0 bridgehead atoms. The second-order valence-corrected chi connectivity index (χ2v) is 5.83. The highest BCUT2D eigenvalue weighted by molar-refractivity contribution is 5.93. The van der Waals surface area contributed by atoms with Gasteiger partial charge in [0, 0.05) is 12.1 Å². The number of aromatic nitrogens is 4. The topological polar surface area (TPSA) is 92.8 Å². The van der Waals surface area contributed by atoms with Gasteiger partial charge in [-0.15, -0.1) is 0 Å². The van der Waals surface area contributed by atoms with E-state index in [0.717, 1.165) is 28.5 Å². The molecule has 24 heavy (non-hydrogen) atoms. The summed E-state index contributed by atoms with van der Waals surface area (Å²) >= 11 is 0. The molecule has 0 unspecified atom stereocenters. The van der Waals surface area contributed by atoms with Crippen LogP contribution in [0.1, 0.15) is 40.8 Å². The zero-order valence-corrected chi connectivity index (χ0v) is 13.2. The Bertz CT molecular complexity index is 901. The van der Waals surface area contributed by atoms with Crippen molar-refractivity contribution in [3.05, 3.63) is 47.7 Å². The van der Waals surface area contributed by atoms with Gasteiger partial charge >= 0.3 is 5.97 Å². The van der Waals surface area contributed by atoms with Crippen LogP contribution in [0.15, 0.2) is 30.5 Å². The highest BCUT2D eigenvalue weighted by Crippen LogP contribution is 2.38. The molecule has 1 aliphatic carbocycles. The number of carbonyl (C=O) groups is 1. The van der Waals surface area contributed by atoms with E-state index in [0.29, 0.717) is 18.0 Å². The minimum absolute atomic E-state index is 0.361. The van der Waals surface area contributed by atoms with Gasteiger partial charge in [-0.25, -0.2) is 19.7 Å². The Hall–Kier alpha value is -2.96. The standard InChI is InChI=1S/C17H17N5O2/c1-24-17(23)11-4-5-12-13(8-11)21-15(20-12)9-19-14-6-7-18-16(22-14)10-2-3-10/h4-8,10H,2-3,9H2,1H3,(H,20,21)(H,18,19,22). The Kier molecular flexibility index (Phi) is 3.60. The summed E-state index contributed by atoms with van der Waals surface area (Å²) in [6.07, 6.45) is 4.13. The number of hydrogen-bond acceptors (Lipinski definition) is 6. The lowest BCUT2D eigenvalue weighted by atomic mass is 10.2. The van der Waals surface area contributed by atoms with Crippen LogP contribution in [0.5, 0.6) is 0 Å². The van der Waals surface area contributed by atoms with Crippen molar-refractivity contribution >= 4 is 22.8 Å². The number of methoxy groups -OCH3 is 1. The van der Waals surface area contributed by atoms with Crippen molar-refractivity contribution < 1.29 is 9.53 Å². The molecule has 0 atom stereocenters. The summed E-state index contributed by atoms with van der Waals surface area (Å²) in [6.45, 7) is 0.517. The van der Waals surface area contributed by atoms with Crippen molar-refractivity contribution in [2.75, 3.05) is 12.4 Å². The minimum atomic E-state index is -0.361. The van der Waals surface area contributed by atoms with Crippen LogP contribution in [0.4, 0.5) is 5.82 Å². The zero-order chi connectivity index (χ0) is 16.5. The number of nitrogens with zero attached hydrogens (tertiary/aromatic N) is 3. The number of nitrogens with one attached hydrogen (secondary N) is 2. The Balaban J connectivity index is 1.50. The molecule has 3 aromatic rings. The van der Waals surface area contributed by atoms with Crippen LogP contribution >= 0.6 is 0 Å². The van der Waals surface area contributed by atoms with Crippen molar-refractivity contribution in [3.8, 4) is 0 Å². The monoisotopic (exact) mass is 323 g/mol. The van der Waals surface area contributed by atoms with E-state index in [4.69, 9.17) is 4.74 Å². The normalized spacial score (nSPS) is 13.9. The first-order chi connectivity index (χ1) is 11.7. The number of rotatable bonds is 5. The number of aromatic amines is 1. The van der Waals surface area contributed by atoms with Gasteiger partial charge in [-0.05, 0) is 37.1 Å². The fourth-order valence-corrected chi connectivity index (χ4v) is 2.58. The predicted molar refractivity (Wildman–Crippen MR) is 88.8 cm³/mol. The number of esters is 1. The fraction of sp³-hybridized carbons (Fsp3) is 0.294. The number of fused-ring (bicyclic) bond motifs is 1. The molecule has 0 saturated heterocycles. The van der Waals surface area contributed by atoms with Crippen molar-refractivity contribution in [1.82, 2.24) is 19.9 Å². The maximum Gasteiger partial charge on any atom is 0.337 e. The Morgan fingerprint density at radius 3 is 3.00 bits per heavy atom. The first kappa shape index (κ1) is 14.6. The summed E-state index contributed by atoms with van der Waals surface area (Å²) in [5.74, 6) is 2.64. The summed E-state index contributed by atoms with van der Waals surface area (Å²) in [4.78, 5) is 28.1. The van der Waals surface area contributed by atoms with Crippen LogP contribution in [0, 0.1) is 0 Å². The van der Waals surface area contributed by atoms with E-state index in [1.165, 1.54) is 20.0 Å². The van der Waals surface area contributed by atoms with Crippen molar-refractivity contribution in [2.45, 2.75) is 25.3 Å². The maximum atomic E-state index is 11.6. The average Bonchev–Trinajstić information content (AvgIpc) is 3.39. The van der Waals surface area contributed by atoms with Crippen LogP contribution in [-0.4, -0.2) is 33.0 Å². The second kappa shape index (κ2) is 5.92. The summed E-state index contributed by atoms with van der Waals surface area (Å²) in [7, 11) is 1.37. The van der Waals surface area contributed by atoms with Crippen LogP contribution in [0.3, 0.4) is 0 Å². The van der Waals surface area contributed by atoms with Gasteiger partial charge < -0.3 is 15.0 Å². The molecule has 0 radical (unpaired) electrons. The first-order valence-corrected chi connectivity index (χ1v) is 7.87. The quantitative estimate of drug-likeness (QED) is 0.701. The largest absolute Gasteiger partial charge is 0.465 e. The molecule has 7 heteroatoms. The molecule has 1 aliphatic rings. The summed E-state index contributed by atoms with van der Waals surface area (Å²) < 4.78 is 4.73. The van der Waals surface area contributed by atoms with Crippen molar-refractivity contribution in [3.63, 3.8) is 0 Å². The van der Waals surface area contributed by atoms with Gasteiger partial charge in [-0.1, -0.05) is 0 Å². The summed E-state index contributed by atoms with van der Waals surface area (Å²) in [6, 6.07) is 7.10. The van der Waals surface area contributed by atoms with Gasteiger partial charge in [-0.2, -0.15) is 0 Å². The molecule has 1 aromatic carbocycles. The molecule has 2 N–H and O–H groups in total. The fourth-order valence-electron chi connectivity index (χ4n) is 2.58. The van der Waals surface area contributed by atoms with Gasteiger partial charge in [0.2, 0.25) is 0 Å². The molecular weight excluding hydrogens is 306 g/mol. The molecule has 122 valence electrons. The molecular formula is C17H17N5O2. The molecule has 0 amide bonds. The third-order valence-corrected chi connectivity index (χ3v) is 4.01. The minimum Gasteiger partial charge on any atom is -0.465 e. The van der Waals surface area contributed by atoms with E-state index in [1.54, 1.807) is 24.4 Å². The number of imidazole rings is 1. The van der Waals surface area contributed by atoms with Gasteiger partial charge in [0.15, 0.2) is 0 Å². The average molecular weight is 323 g/mol. The van der Waals surface area contributed by atoms with E-state index in [9.17, 15) is 4.79 Å². The highest BCUT2D eigenvalue weighted by Gasteiger charge is 2.26. The lowest BCUT2D eigenvalue weighted by Gasteiger charge is -2.04. The van der Waals surface area contributed by atoms with Crippen LogP contribution < -0.4 is 5.32 Å². The number of ether oxygens (including phenoxy) is 1. The highest BCUT2D eigenvalue weighted by atomic mass is 16.5. The first-order valence-electron chi connectivity index (χ1n) is 7.87. The molecule has 4 rings (SSSR count). The van der Waals surface area contributed by atoms with Gasteiger partial charge in [0.05, 0.1) is 30.3 Å². The Labute approximate surface area is 138 Å². The molecule has 0 spiro atoms. The molecule has 1 fully saturated rings. The summed E-state index contributed by atoms with van der Waals surface area (Å²) in [5.41, 5.74) is 2.11. The molecule has 2 heterocycles. The van der Waals surface area contributed by atoms with E-state index >= 15 is 0 Å². The molecule has 7 nitrogen and oxygen atoms in total. The van der Waals surface area contributed by atoms with Gasteiger partial charge in [0.25, 0.3) is 0 Å². The van der Waals surface area contributed by atoms with Crippen LogP contribution in [0.25, 0.3) is 11.0 Å². The zero-order valence-electron chi connectivity index (χ0n) is 13.2. The van der Waals surface area contributed by atoms with Crippen LogP contribution in [-0.2, 0) is 11.3 Å². The number of H-pyrrole nitrogens is 1. The SMILES string of the molecule is COC(=O)c1ccc2nc(CNc3ccnc(C4CC4)n3)[nH]c2c1. The molecule has 2 aromatic heterocycles. The van der Waals surface area contributed by atoms with Crippen molar-refractivity contribution in [2.24, 2.45) is 0 Å². The van der Waals surface area contributed by atoms with E-state index in [-0.39, 0.29) is 5.97 Å². The Morgan fingerprint density at radius 1 is 1.33 bits per heavy atom. The third kappa shape index (κ3) is 2.92. The van der Waals surface area contributed by atoms with E-state index in [1.807, 2.05) is 6.07 Å². The molecule has 1 saturated carbocycles. The maximum absolute atomic E-state index is 11.6. The van der Waals surface area contributed by atoms with E-state index < -0.39 is 0 Å². The van der Waals surface area contributed by atoms with Gasteiger partial charge in [-0.3, -0.25) is 0 Å². The number of anilines is 1. The Morgan fingerprint density at radius 2 is 2.21 bits per heavy atom. The smallest absolute Gasteiger partial charge is 0.337 e. The van der Waals surface area contributed by atoms with Crippen molar-refractivity contribution in [1.29, 1.82) is 0 Å².